The van der Waals surface area contributed by atoms with Crippen LogP contribution in [0.4, 0.5) is 10.8 Å². The van der Waals surface area contributed by atoms with E-state index in [4.69, 9.17) is 0 Å². The van der Waals surface area contributed by atoms with E-state index in [-0.39, 0.29) is 5.75 Å². The molecule has 0 unspecified atom stereocenters. The molecule has 2 N–H and O–H groups in total. The smallest absolute Gasteiger partial charge is 0.210 e. The van der Waals surface area contributed by atoms with Crippen LogP contribution < -0.4 is 5.32 Å². The van der Waals surface area contributed by atoms with Gasteiger partial charge in [-0.25, -0.2) is 0 Å². The monoisotopic (exact) mass is 283 g/mol. The number of rotatable bonds is 3. The SMILES string of the molecule is Cc1cccc(Nc2nnc(-c3ccccc3O)s2)c1. The standard InChI is InChI=1S/C15H13N3OS/c1-10-5-4-6-11(9-10)16-15-18-17-14(20-15)12-7-2-3-8-13(12)19/h2-9,19H,1H3,(H,16,18). The number of benzene rings is 2. The highest BCUT2D eigenvalue weighted by Gasteiger charge is 2.10. The number of nitrogens with one attached hydrogen (secondary N) is 1. The fraction of sp³-hybridized carbons (Fsp3) is 0.0667. The van der Waals surface area contributed by atoms with Crippen molar-refractivity contribution < 1.29 is 5.11 Å². The number of aromatic nitrogens is 2. The Morgan fingerprint density at radius 1 is 1.05 bits per heavy atom. The number of phenols is 1. The lowest BCUT2D eigenvalue weighted by molar-refractivity contribution is 0.477. The number of hydrogen-bond acceptors (Lipinski definition) is 5. The zero-order chi connectivity index (χ0) is 13.9. The van der Waals surface area contributed by atoms with E-state index < -0.39 is 0 Å². The van der Waals surface area contributed by atoms with Crippen molar-refractivity contribution >= 4 is 22.2 Å². The minimum Gasteiger partial charge on any atom is -0.507 e. The molecule has 0 aliphatic carbocycles. The molecular weight excluding hydrogens is 270 g/mol. The lowest BCUT2D eigenvalue weighted by atomic mass is 10.2. The molecule has 0 amide bonds. The van der Waals surface area contributed by atoms with Crippen LogP contribution in [0.3, 0.4) is 0 Å². The predicted molar refractivity (Wildman–Crippen MR) is 81.5 cm³/mol. The summed E-state index contributed by atoms with van der Waals surface area (Å²) in [5, 5.41) is 22.6. The first-order chi connectivity index (χ1) is 9.72. The molecule has 0 spiro atoms. The number of aryl methyl sites for hydroxylation is 1. The average molecular weight is 283 g/mol. The van der Waals surface area contributed by atoms with Crippen molar-refractivity contribution in [1.29, 1.82) is 0 Å². The molecule has 0 radical (unpaired) electrons. The Morgan fingerprint density at radius 2 is 1.90 bits per heavy atom. The predicted octanol–water partition coefficient (Wildman–Crippen LogP) is 3.96. The molecule has 5 heteroatoms. The molecule has 20 heavy (non-hydrogen) atoms. The van der Waals surface area contributed by atoms with Gasteiger partial charge in [-0.2, -0.15) is 0 Å². The molecule has 4 nitrogen and oxygen atoms in total. The van der Waals surface area contributed by atoms with Crippen LogP contribution in [0.5, 0.6) is 5.75 Å². The zero-order valence-electron chi connectivity index (χ0n) is 10.9. The summed E-state index contributed by atoms with van der Waals surface area (Å²) in [6, 6.07) is 15.2. The number of nitrogens with zero attached hydrogens (tertiary/aromatic N) is 2. The highest BCUT2D eigenvalue weighted by atomic mass is 32.1. The van der Waals surface area contributed by atoms with Crippen molar-refractivity contribution in [3.05, 3.63) is 54.1 Å². The molecule has 0 atom stereocenters. The van der Waals surface area contributed by atoms with Gasteiger partial charge in [0.05, 0.1) is 5.56 Å². The Balaban J connectivity index is 1.86. The molecule has 0 aliphatic heterocycles. The van der Waals surface area contributed by atoms with Crippen LogP contribution in [0, 0.1) is 6.92 Å². The Bertz CT molecular complexity index is 739. The van der Waals surface area contributed by atoms with E-state index >= 15 is 0 Å². The van der Waals surface area contributed by atoms with Gasteiger partial charge in [0.1, 0.15) is 5.75 Å². The van der Waals surface area contributed by atoms with Gasteiger partial charge in [0.25, 0.3) is 0 Å². The number of phenolic OH excluding ortho intramolecular Hbond substituents is 1. The lowest BCUT2D eigenvalue weighted by Gasteiger charge is -2.02. The number of anilines is 2. The zero-order valence-corrected chi connectivity index (χ0v) is 11.7. The van der Waals surface area contributed by atoms with Gasteiger partial charge in [0, 0.05) is 5.69 Å². The number of para-hydroxylation sites is 1. The Morgan fingerprint density at radius 3 is 2.70 bits per heavy atom. The number of aromatic hydroxyl groups is 1. The number of hydrogen-bond donors (Lipinski definition) is 2. The van der Waals surface area contributed by atoms with Crippen LogP contribution in [0.1, 0.15) is 5.56 Å². The largest absolute Gasteiger partial charge is 0.507 e. The molecule has 0 aliphatic rings. The second-order valence-electron chi connectivity index (χ2n) is 4.42. The van der Waals surface area contributed by atoms with E-state index in [0.717, 1.165) is 5.69 Å². The minimum absolute atomic E-state index is 0.214. The third kappa shape index (κ3) is 2.62. The molecule has 3 rings (SSSR count). The van der Waals surface area contributed by atoms with Crippen molar-refractivity contribution in [3.8, 4) is 16.3 Å². The average Bonchev–Trinajstić information content (AvgIpc) is 2.87. The topological polar surface area (TPSA) is 58.0 Å². The summed E-state index contributed by atoms with van der Waals surface area (Å²) in [6.45, 7) is 2.04. The van der Waals surface area contributed by atoms with Gasteiger partial charge in [0.2, 0.25) is 5.13 Å². The van der Waals surface area contributed by atoms with E-state index in [2.05, 4.69) is 15.5 Å². The van der Waals surface area contributed by atoms with Crippen molar-refractivity contribution in [2.75, 3.05) is 5.32 Å². The van der Waals surface area contributed by atoms with Gasteiger partial charge in [-0.15, -0.1) is 10.2 Å². The van der Waals surface area contributed by atoms with Gasteiger partial charge >= 0.3 is 0 Å². The maximum absolute atomic E-state index is 9.82. The quantitative estimate of drug-likeness (QED) is 0.763. The molecule has 0 saturated carbocycles. The summed E-state index contributed by atoms with van der Waals surface area (Å²) in [6.07, 6.45) is 0. The van der Waals surface area contributed by atoms with E-state index in [1.165, 1.54) is 16.9 Å². The summed E-state index contributed by atoms with van der Waals surface area (Å²) < 4.78 is 0. The minimum atomic E-state index is 0.214. The van der Waals surface area contributed by atoms with Crippen LogP contribution in [0.15, 0.2) is 48.5 Å². The summed E-state index contributed by atoms with van der Waals surface area (Å²) in [5.74, 6) is 0.214. The molecule has 1 aromatic heterocycles. The van der Waals surface area contributed by atoms with Crippen LogP contribution in [0.25, 0.3) is 10.6 Å². The van der Waals surface area contributed by atoms with Crippen LogP contribution >= 0.6 is 11.3 Å². The van der Waals surface area contributed by atoms with Gasteiger partial charge in [-0.3, -0.25) is 0 Å². The van der Waals surface area contributed by atoms with Gasteiger partial charge < -0.3 is 10.4 Å². The third-order valence-electron chi connectivity index (χ3n) is 2.83. The summed E-state index contributed by atoms with van der Waals surface area (Å²) in [7, 11) is 0. The van der Waals surface area contributed by atoms with E-state index in [1.807, 2.05) is 43.3 Å². The normalized spacial score (nSPS) is 10.4. The summed E-state index contributed by atoms with van der Waals surface area (Å²) in [4.78, 5) is 0. The second-order valence-corrected chi connectivity index (χ2v) is 5.40. The fourth-order valence-electron chi connectivity index (χ4n) is 1.88. The Labute approximate surface area is 120 Å². The van der Waals surface area contributed by atoms with Crippen molar-refractivity contribution in [1.82, 2.24) is 10.2 Å². The van der Waals surface area contributed by atoms with Crippen molar-refractivity contribution in [2.24, 2.45) is 0 Å². The second kappa shape index (κ2) is 5.30. The molecule has 1 heterocycles. The van der Waals surface area contributed by atoms with Crippen molar-refractivity contribution in [2.45, 2.75) is 6.92 Å². The summed E-state index contributed by atoms with van der Waals surface area (Å²) in [5.41, 5.74) is 2.85. The van der Waals surface area contributed by atoms with Crippen LogP contribution in [0.2, 0.25) is 0 Å². The first kappa shape index (κ1) is 12.6. The third-order valence-corrected chi connectivity index (χ3v) is 3.70. The maximum atomic E-state index is 9.82. The maximum Gasteiger partial charge on any atom is 0.210 e. The van der Waals surface area contributed by atoms with Crippen LogP contribution in [-0.2, 0) is 0 Å². The van der Waals surface area contributed by atoms with Gasteiger partial charge in [-0.05, 0) is 36.8 Å². The molecule has 2 aromatic carbocycles. The van der Waals surface area contributed by atoms with Crippen molar-refractivity contribution in [3.63, 3.8) is 0 Å². The molecule has 100 valence electrons. The molecule has 0 fully saturated rings. The van der Waals surface area contributed by atoms with Gasteiger partial charge in [0.15, 0.2) is 5.01 Å². The van der Waals surface area contributed by atoms with Gasteiger partial charge in [-0.1, -0.05) is 35.6 Å². The summed E-state index contributed by atoms with van der Waals surface area (Å²) >= 11 is 1.41. The van der Waals surface area contributed by atoms with E-state index in [0.29, 0.717) is 15.7 Å². The Hall–Kier alpha value is -2.40. The Kier molecular flexibility index (Phi) is 3.35. The van der Waals surface area contributed by atoms with E-state index in [9.17, 15) is 5.11 Å². The lowest BCUT2D eigenvalue weighted by Crippen LogP contribution is -1.89. The molecular formula is C15H13N3OS. The highest BCUT2D eigenvalue weighted by molar-refractivity contribution is 7.18. The first-order valence-electron chi connectivity index (χ1n) is 6.18. The van der Waals surface area contributed by atoms with E-state index in [1.54, 1.807) is 12.1 Å². The first-order valence-corrected chi connectivity index (χ1v) is 6.99. The molecule has 0 saturated heterocycles. The molecule has 3 aromatic rings. The van der Waals surface area contributed by atoms with Crippen LogP contribution in [-0.4, -0.2) is 15.3 Å². The molecule has 0 bridgehead atoms. The fourth-order valence-corrected chi connectivity index (χ4v) is 2.68. The highest BCUT2D eigenvalue weighted by Crippen LogP contribution is 2.33.